The lowest BCUT2D eigenvalue weighted by molar-refractivity contribution is -0.175. The van der Waals surface area contributed by atoms with Crippen LogP contribution in [0.2, 0.25) is 0 Å². The summed E-state index contributed by atoms with van der Waals surface area (Å²) >= 11 is 0. The quantitative estimate of drug-likeness (QED) is 0.685. The number of alkyl carbamates (subject to hydrolysis) is 1. The summed E-state index contributed by atoms with van der Waals surface area (Å²) in [7, 11) is 0. The van der Waals surface area contributed by atoms with Crippen molar-refractivity contribution in [3.8, 4) is 11.1 Å². The maximum absolute atomic E-state index is 13.6. The number of nitrogens with one attached hydrogen (secondary N) is 1. The number of nitrogens with zero attached hydrogens (tertiary/aromatic N) is 1. The highest BCUT2D eigenvalue weighted by molar-refractivity contribution is 5.87. The Hall–Kier alpha value is -3.56. The van der Waals surface area contributed by atoms with E-state index >= 15 is 0 Å². The van der Waals surface area contributed by atoms with Crippen molar-refractivity contribution in [3.05, 3.63) is 59.7 Å². The van der Waals surface area contributed by atoms with Gasteiger partial charge in [0.15, 0.2) is 0 Å². The highest BCUT2D eigenvalue weighted by Crippen LogP contribution is 2.44. The predicted octanol–water partition coefficient (Wildman–Crippen LogP) is 3.78. The smallest absolute Gasteiger partial charge is 0.417 e. The molecule has 2 N–H and O–H groups in total. The number of alkyl halides is 3. The number of carbonyl (C=O) groups is 3. The molecule has 0 saturated carbocycles. The molecular formula is C24H23F3N2O5. The molecule has 1 heterocycles. The van der Waals surface area contributed by atoms with Crippen LogP contribution in [0.15, 0.2) is 48.5 Å². The lowest BCUT2D eigenvalue weighted by atomic mass is 9.97. The first-order valence-electron chi connectivity index (χ1n) is 10.9. The molecule has 2 aromatic carbocycles. The first-order valence-corrected chi connectivity index (χ1v) is 10.9. The van der Waals surface area contributed by atoms with E-state index in [1.54, 1.807) is 5.32 Å². The maximum Gasteiger partial charge on any atom is 0.417 e. The van der Waals surface area contributed by atoms with Crippen molar-refractivity contribution >= 4 is 18.0 Å². The van der Waals surface area contributed by atoms with E-state index in [1.807, 2.05) is 48.5 Å². The van der Waals surface area contributed by atoms with Gasteiger partial charge in [0, 0.05) is 19.0 Å². The lowest BCUT2D eigenvalue weighted by Crippen LogP contribution is -2.58. The van der Waals surface area contributed by atoms with Crippen molar-refractivity contribution in [2.75, 3.05) is 19.7 Å². The normalized spacial score (nSPS) is 18.6. The molecule has 1 saturated heterocycles. The molecule has 0 radical (unpaired) electrons. The fourth-order valence-electron chi connectivity index (χ4n) is 4.60. The average Bonchev–Trinajstić information content (AvgIpc) is 3.14. The van der Waals surface area contributed by atoms with Crippen LogP contribution in [0.4, 0.5) is 18.0 Å². The van der Waals surface area contributed by atoms with Crippen LogP contribution in [0, 0.1) is 5.92 Å². The third kappa shape index (κ3) is 4.71. The van der Waals surface area contributed by atoms with Crippen LogP contribution in [-0.2, 0) is 14.3 Å². The summed E-state index contributed by atoms with van der Waals surface area (Å²) in [6.07, 6.45) is -5.91. The monoisotopic (exact) mass is 476 g/mol. The van der Waals surface area contributed by atoms with E-state index in [4.69, 9.17) is 9.84 Å². The van der Waals surface area contributed by atoms with Gasteiger partial charge in [0.25, 0.3) is 5.91 Å². The Kier molecular flexibility index (Phi) is 6.49. The standard InChI is InChI=1S/C24H23F3N2O5/c25-24(26,27)20(21(30)29-11-5-6-14(12-29)22(31)32)28-23(33)34-13-19-17-9-3-1-7-15(17)16-8-2-4-10-18(16)19/h1-4,7-10,14,19-20H,5-6,11-13H2,(H,28,33)(H,31,32). The van der Waals surface area contributed by atoms with Gasteiger partial charge >= 0.3 is 18.2 Å². The zero-order chi connectivity index (χ0) is 24.5. The summed E-state index contributed by atoms with van der Waals surface area (Å²) in [5.74, 6) is -3.87. The number of ether oxygens (including phenoxy) is 1. The minimum absolute atomic E-state index is 0.0123. The number of benzene rings is 2. The van der Waals surface area contributed by atoms with Gasteiger partial charge in [-0.3, -0.25) is 9.59 Å². The number of carbonyl (C=O) groups excluding carboxylic acids is 2. The van der Waals surface area contributed by atoms with Crippen molar-refractivity contribution in [1.29, 1.82) is 0 Å². The van der Waals surface area contributed by atoms with E-state index in [1.165, 1.54) is 0 Å². The van der Waals surface area contributed by atoms with Crippen LogP contribution in [0.25, 0.3) is 11.1 Å². The van der Waals surface area contributed by atoms with Crippen molar-refractivity contribution in [2.24, 2.45) is 5.92 Å². The number of carboxylic acid groups (broad SMARTS) is 1. The van der Waals surface area contributed by atoms with Crippen molar-refractivity contribution < 1.29 is 37.4 Å². The zero-order valence-electron chi connectivity index (χ0n) is 18.0. The Morgan fingerprint density at radius 1 is 1.06 bits per heavy atom. The van der Waals surface area contributed by atoms with E-state index in [0.717, 1.165) is 27.2 Å². The summed E-state index contributed by atoms with van der Waals surface area (Å²) in [6.45, 7) is -0.557. The molecule has 2 atom stereocenters. The van der Waals surface area contributed by atoms with E-state index in [9.17, 15) is 27.6 Å². The molecule has 10 heteroatoms. The second-order valence-corrected chi connectivity index (χ2v) is 8.41. The molecule has 2 aromatic rings. The van der Waals surface area contributed by atoms with Crippen LogP contribution in [0.3, 0.4) is 0 Å². The Bertz CT molecular complexity index is 1060. The Morgan fingerprint density at radius 2 is 1.65 bits per heavy atom. The number of fused-ring (bicyclic) bond motifs is 3. The van der Waals surface area contributed by atoms with Crippen molar-refractivity contribution in [1.82, 2.24) is 10.2 Å². The van der Waals surface area contributed by atoms with Gasteiger partial charge in [-0.25, -0.2) is 4.79 Å². The van der Waals surface area contributed by atoms with Gasteiger partial charge in [0.1, 0.15) is 6.61 Å². The van der Waals surface area contributed by atoms with E-state index < -0.39 is 36.1 Å². The minimum Gasteiger partial charge on any atom is -0.481 e. The summed E-state index contributed by atoms with van der Waals surface area (Å²) in [5.41, 5.74) is 3.73. The fourth-order valence-corrected chi connectivity index (χ4v) is 4.60. The van der Waals surface area contributed by atoms with Gasteiger partial charge in [-0.2, -0.15) is 13.2 Å². The topological polar surface area (TPSA) is 95.9 Å². The summed E-state index contributed by atoms with van der Waals surface area (Å²) in [5, 5.41) is 10.8. The van der Waals surface area contributed by atoms with Gasteiger partial charge in [-0.05, 0) is 35.1 Å². The molecule has 1 aliphatic carbocycles. The first-order chi connectivity index (χ1) is 16.2. The molecule has 2 aliphatic rings. The number of rotatable bonds is 5. The molecule has 180 valence electrons. The first kappa shape index (κ1) is 23.6. The Morgan fingerprint density at radius 3 is 2.21 bits per heavy atom. The second-order valence-electron chi connectivity index (χ2n) is 8.41. The van der Waals surface area contributed by atoms with Gasteiger partial charge < -0.3 is 20.1 Å². The molecule has 4 rings (SSSR count). The van der Waals surface area contributed by atoms with Crippen LogP contribution >= 0.6 is 0 Å². The van der Waals surface area contributed by atoms with Gasteiger partial charge in [-0.15, -0.1) is 0 Å². The molecule has 1 aliphatic heterocycles. The summed E-state index contributed by atoms with van der Waals surface area (Å²) in [6, 6.07) is 12.2. The number of amides is 2. The highest BCUT2D eigenvalue weighted by Gasteiger charge is 2.49. The zero-order valence-corrected chi connectivity index (χ0v) is 18.0. The summed E-state index contributed by atoms with van der Waals surface area (Å²) in [4.78, 5) is 37.0. The fraction of sp³-hybridized carbons (Fsp3) is 0.375. The predicted molar refractivity (Wildman–Crippen MR) is 115 cm³/mol. The molecule has 2 amide bonds. The number of hydrogen-bond donors (Lipinski definition) is 2. The van der Waals surface area contributed by atoms with Crippen molar-refractivity contribution in [2.45, 2.75) is 31.0 Å². The van der Waals surface area contributed by atoms with E-state index in [-0.39, 0.29) is 38.5 Å². The van der Waals surface area contributed by atoms with Crippen LogP contribution in [0.5, 0.6) is 0 Å². The minimum atomic E-state index is -5.07. The second kappa shape index (κ2) is 9.36. The van der Waals surface area contributed by atoms with Gasteiger partial charge in [0.05, 0.1) is 5.92 Å². The molecule has 2 unspecified atom stereocenters. The van der Waals surface area contributed by atoms with Gasteiger partial charge in [-0.1, -0.05) is 48.5 Å². The molecular weight excluding hydrogens is 453 g/mol. The molecule has 1 fully saturated rings. The highest BCUT2D eigenvalue weighted by atomic mass is 19.4. The van der Waals surface area contributed by atoms with Crippen LogP contribution < -0.4 is 5.32 Å². The number of piperidine rings is 1. The third-order valence-corrected chi connectivity index (χ3v) is 6.26. The molecule has 0 aromatic heterocycles. The molecule has 7 nitrogen and oxygen atoms in total. The number of aliphatic carboxylic acids is 1. The molecule has 34 heavy (non-hydrogen) atoms. The average molecular weight is 476 g/mol. The van der Waals surface area contributed by atoms with Crippen LogP contribution in [0.1, 0.15) is 29.9 Å². The number of hydrogen-bond acceptors (Lipinski definition) is 4. The summed E-state index contributed by atoms with van der Waals surface area (Å²) < 4.78 is 46.1. The van der Waals surface area contributed by atoms with Gasteiger partial charge in [0.2, 0.25) is 6.04 Å². The number of likely N-dealkylation sites (tertiary alicyclic amines) is 1. The third-order valence-electron chi connectivity index (χ3n) is 6.26. The SMILES string of the molecule is O=C(NC(C(=O)N1CCCC(C(=O)O)C1)C(F)(F)F)OCC1c2ccccc2-c2ccccc21. The van der Waals surface area contributed by atoms with E-state index in [0.29, 0.717) is 0 Å². The molecule has 0 spiro atoms. The Labute approximate surface area is 193 Å². The number of halogens is 3. The van der Waals surface area contributed by atoms with Crippen molar-refractivity contribution in [3.63, 3.8) is 0 Å². The number of carboxylic acids is 1. The molecule has 0 bridgehead atoms. The van der Waals surface area contributed by atoms with Crippen LogP contribution in [-0.4, -0.2) is 59.9 Å². The Balaban J connectivity index is 1.44. The maximum atomic E-state index is 13.6. The van der Waals surface area contributed by atoms with E-state index in [2.05, 4.69) is 0 Å². The lowest BCUT2D eigenvalue weighted by Gasteiger charge is -2.34. The largest absolute Gasteiger partial charge is 0.481 e.